The minimum Gasteiger partial charge on any atom is -0.477 e. The van der Waals surface area contributed by atoms with Crippen molar-refractivity contribution in [2.45, 2.75) is 6.04 Å². The van der Waals surface area contributed by atoms with Gasteiger partial charge in [-0.05, 0) is 12.1 Å². The third kappa shape index (κ3) is 2.66. The summed E-state index contributed by atoms with van der Waals surface area (Å²) in [5.41, 5.74) is 6.40. The van der Waals surface area contributed by atoms with E-state index in [0.29, 0.717) is 29.7 Å². The molecule has 22 heavy (non-hydrogen) atoms. The number of anilines is 1. The lowest BCUT2D eigenvalue weighted by Gasteiger charge is -2.25. The number of hydrogen-bond donors (Lipinski definition) is 5. The molecule has 1 saturated heterocycles. The molecule has 1 aromatic heterocycles. The molecule has 1 aliphatic rings. The number of aromatic nitrogens is 1. The Hall–Kier alpha value is -2.09. The van der Waals surface area contributed by atoms with Crippen molar-refractivity contribution in [1.29, 1.82) is 0 Å². The van der Waals surface area contributed by atoms with E-state index in [0.717, 1.165) is 6.54 Å². The summed E-state index contributed by atoms with van der Waals surface area (Å²) < 4.78 is 0. The minimum atomic E-state index is -1.17. The molecule has 6 N–H and O–H groups in total. The molecular weight excluding hydrogens is 308 g/mol. The zero-order chi connectivity index (χ0) is 15.0. The van der Waals surface area contributed by atoms with Gasteiger partial charge in [0.2, 0.25) is 0 Å². The lowest BCUT2D eigenvalue weighted by atomic mass is 9.99. The number of nitrogens with one attached hydrogen (secondary N) is 3. The minimum absolute atomic E-state index is 0. The number of aromatic carboxylic acids is 1. The van der Waals surface area contributed by atoms with Crippen LogP contribution in [0.4, 0.5) is 5.69 Å². The molecule has 0 aliphatic carbocycles. The molecule has 1 aromatic carbocycles. The van der Waals surface area contributed by atoms with E-state index in [1.54, 1.807) is 18.2 Å². The summed E-state index contributed by atoms with van der Waals surface area (Å²) >= 11 is 0. The topological polar surface area (TPSA) is 120 Å². The molecule has 3 rings (SSSR count). The smallest absolute Gasteiger partial charge is 0.352 e. The van der Waals surface area contributed by atoms with Crippen LogP contribution in [0.15, 0.2) is 23.0 Å². The second kappa shape index (κ2) is 6.35. The SMILES string of the molecule is Cl.Nc1cccc2c(=O)c(C3CNCCN3)c(C(=O)O)[nH]c12. The first-order valence-corrected chi connectivity index (χ1v) is 6.71. The molecule has 2 aromatic rings. The first-order valence-electron chi connectivity index (χ1n) is 6.71. The average molecular weight is 325 g/mol. The van der Waals surface area contributed by atoms with Crippen molar-refractivity contribution in [3.05, 3.63) is 39.7 Å². The van der Waals surface area contributed by atoms with E-state index in [2.05, 4.69) is 15.6 Å². The summed E-state index contributed by atoms with van der Waals surface area (Å²) in [4.78, 5) is 27.0. The van der Waals surface area contributed by atoms with Gasteiger partial charge in [-0.3, -0.25) is 4.79 Å². The van der Waals surface area contributed by atoms with Gasteiger partial charge in [0.15, 0.2) is 5.43 Å². The van der Waals surface area contributed by atoms with E-state index >= 15 is 0 Å². The summed E-state index contributed by atoms with van der Waals surface area (Å²) in [5.74, 6) is -1.17. The van der Waals surface area contributed by atoms with E-state index in [1.807, 2.05) is 0 Å². The summed E-state index contributed by atoms with van der Waals surface area (Å²) in [5, 5.41) is 16.1. The van der Waals surface area contributed by atoms with Crippen molar-refractivity contribution in [3.8, 4) is 0 Å². The molecule has 0 spiro atoms. The van der Waals surface area contributed by atoms with Crippen LogP contribution in [0.1, 0.15) is 22.1 Å². The number of rotatable bonds is 2. The Balaban J connectivity index is 0.00000176. The maximum absolute atomic E-state index is 12.7. The van der Waals surface area contributed by atoms with E-state index < -0.39 is 5.97 Å². The fourth-order valence-electron chi connectivity index (χ4n) is 2.71. The summed E-state index contributed by atoms with van der Waals surface area (Å²) in [7, 11) is 0. The molecule has 2 heterocycles. The standard InChI is InChI=1S/C14H16N4O3.ClH/c15-8-3-1-2-7-11(8)18-12(14(20)21)10(13(7)19)9-6-16-4-5-17-9;/h1-3,9,16-17H,4-6,15H2,(H,18,19)(H,20,21);1H. The Bertz CT molecular complexity index is 769. The van der Waals surface area contributed by atoms with Crippen LogP contribution < -0.4 is 21.8 Å². The zero-order valence-corrected chi connectivity index (χ0v) is 12.5. The van der Waals surface area contributed by atoms with E-state index in [4.69, 9.17) is 5.73 Å². The van der Waals surface area contributed by atoms with Gasteiger partial charge in [-0.15, -0.1) is 12.4 Å². The molecule has 0 bridgehead atoms. The predicted molar refractivity (Wildman–Crippen MR) is 86.8 cm³/mol. The van der Waals surface area contributed by atoms with Gasteiger partial charge in [0, 0.05) is 30.6 Å². The van der Waals surface area contributed by atoms with Crippen LogP contribution in [-0.4, -0.2) is 35.7 Å². The van der Waals surface area contributed by atoms with Crippen molar-refractivity contribution in [2.24, 2.45) is 0 Å². The quantitative estimate of drug-likeness (QED) is 0.512. The lowest BCUT2D eigenvalue weighted by molar-refractivity contribution is 0.0688. The molecule has 1 aliphatic heterocycles. The number of halogens is 1. The molecule has 8 heteroatoms. The van der Waals surface area contributed by atoms with Crippen molar-refractivity contribution in [3.63, 3.8) is 0 Å². The van der Waals surface area contributed by atoms with Gasteiger partial charge in [-0.2, -0.15) is 0 Å². The molecule has 0 radical (unpaired) electrons. The molecule has 7 nitrogen and oxygen atoms in total. The molecule has 1 atom stereocenters. The highest BCUT2D eigenvalue weighted by molar-refractivity contribution is 5.95. The number of aromatic amines is 1. The predicted octanol–water partition coefficient (Wildman–Crippen LogP) is 0.464. The molecule has 0 amide bonds. The van der Waals surface area contributed by atoms with Gasteiger partial charge in [0.05, 0.1) is 17.2 Å². The second-order valence-corrected chi connectivity index (χ2v) is 5.03. The summed E-state index contributed by atoms with van der Waals surface area (Å²) in [6, 6.07) is 4.63. The van der Waals surface area contributed by atoms with E-state index in [9.17, 15) is 14.7 Å². The van der Waals surface area contributed by atoms with Crippen molar-refractivity contribution < 1.29 is 9.90 Å². The van der Waals surface area contributed by atoms with Crippen molar-refractivity contribution >= 4 is 35.0 Å². The number of para-hydroxylation sites is 1. The Morgan fingerprint density at radius 3 is 2.73 bits per heavy atom. The van der Waals surface area contributed by atoms with Crippen molar-refractivity contribution in [2.75, 3.05) is 25.4 Å². The average Bonchev–Trinajstić information content (AvgIpc) is 2.48. The number of benzene rings is 1. The van der Waals surface area contributed by atoms with Crippen LogP contribution in [-0.2, 0) is 0 Å². The van der Waals surface area contributed by atoms with Crippen LogP contribution in [0.5, 0.6) is 0 Å². The normalized spacial score (nSPS) is 17.9. The number of H-pyrrole nitrogens is 1. The molecule has 1 unspecified atom stereocenters. The number of pyridine rings is 1. The van der Waals surface area contributed by atoms with Gasteiger partial charge in [0.1, 0.15) is 5.69 Å². The van der Waals surface area contributed by atoms with Gasteiger partial charge < -0.3 is 26.5 Å². The highest BCUT2D eigenvalue weighted by Crippen LogP contribution is 2.21. The van der Waals surface area contributed by atoms with Crippen LogP contribution in [0.25, 0.3) is 10.9 Å². The zero-order valence-electron chi connectivity index (χ0n) is 11.7. The maximum atomic E-state index is 12.7. The van der Waals surface area contributed by atoms with Crippen LogP contribution in [0.2, 0.25) is 0 Å². The third-order valence-corrected chi connectivity index (χ3v) is 3.71. The summed E-state index contributed by atoms with van der Waals surface area (Å²) in [6.45, 7) is 1.98. The highest BCUT2D eigenvalue weighted by Gasteiger charge is 2.26. The van der Waals surface area contributed by atoms with E-state index in [-0.39, 0.29) is 35.1 Å². The molecule has 0 saturated carbocycles. The first-order chi connectivity index (χ1) is 10.1. The third-order valence-electron chi connectivity index (χ3n) is 3.71. The molecular formula is C14H17ClN4O3. The largest absolute Gasteiger partial charge is 0.477 e. The number of carboxylic acid groups (broad SMARTS) is 1. The lowest BCUT2D eigenvalue weighted by Crippen LogP contribution is -2.45. The Morgan fingerprint density at radius 2 is 2.09 bits per heavy atom. The van der Waals surface area contributed by atoms with Crippen molar-refractivity contribution in [1.82, 2.24) is 15.6 Å². The first kappa shape index (κ1) is 16.3. The number of piperazine rings is 1. The van der Waals surface area contributed by atoms with Gasteiger partial charge in [-0.25, -0.2) is 4.79 Å². The Labute approximate surface area is 132 Å². The van der Waals surface area contributed by atoms with Crippen LogP contribution in [0.3, 0.4) is 0 Å². The Morgan fingerprint density at radius 1 is 1.32 bits per heavy atom. The van der Waals surface area contributed by atoms with E-state index in [1.165, 1.54) is 0 Å². The Kier molecular flexibility index (Phi) is 4.70. The number of nitrogen functional groups attached to an aromatic ring is 1. The summed E-state index contributed by atoms with van der Waals surface area (Å²) in [6.07, 6.45) is 0. The fourth-order valence-corrected chi connectivity index (χ4v) is 2.71. The monoisotopic (exact) mass is 324 g/mol. The molecule has 118 valence electrons. The van der Waals surface area contributed by atoms with Crippen LogP contribution in [0, 0.1) is 0 Å². The van der Waals surface area contributed by atoms with Crippen LogP contribution >= 0.6 is 12.4 Å². The number of carbonyl (C=O) groups is 1. The second-order valence-electron chi connectivity index (χ2n) is 5.03. The van der Waals surface area contributed by atoms with Gasteiger partial charge in [0.25, 0.3) is 0 Å². The molecule has 1 fully saturated rings. The number of fused-ring (bicyclic) bond motifs is 1. The number of hydrogen-bond acceptors (Lipinski definition) is 5. The highest BCUT2D eigenvalue weighted by atomic mass is 35.5. The van der Waals surface area contributed by atoms with Gasteiger partial charge >= 0.3 is 5.97 Å². The maximum Gasteiger partial charge on any atom is 0.352 e. The number of nitrogens with two attached hydrogens (primary N) is 1. The fraction of sp³-hybridized carbons (Fsp3) is 0.286. The number of carboxylic acids is 1. The van der Waals surface area contributed by atoms with Gasteiger partial charge in [-0.1, -0.05) is 6.07 Å².